The summed E-state index contributed by atoms with van der Waals surface area (Å²) < 4.78 is 0. The number of nitrogens with zero attached hydrogens (tertiary/aromatic N) is 2. The summed E-state index contributed by atoms with van der Waals surface area (Å²) in [5.74, 6) is 0. The molecular weight excluding hydrogens is 579 g/mol. The van der Waals surface area contributed by atoms with Crippen LogP contribution >= 0.6 is 11.8 Å². The fraction of sp³-hybridized carbons (Fsp3) is 0. The predicted molar refractivity (Wildman–Crippen MR) is 195 cm³/mol. The van der Waals surface area contributed by atoms with Gasteiger partial charge in [-0.15, -0.1) is 0 Å². The van der Waals surface area contributed by atoms with Crippen molar-refractivity contribution >= 4 is 57.3 Å². The quantitative estimate of drug-likeness (QED) is 0.194. The molecule has 0 amide bonds. The lowest BCUT2D eigenvalue weighted by atomic mass is 10.00. The van der Waals surface area contributed by atoms with E-state index in [0.29, 0.717) is 0 Å². The average molecular weight is 610 g/mol. The number of anilines is 8. The van der Waals surface area contributed by atoms with E-state index in [9.17, 15) is 0 Å². The van der Waals surface area contributed by atoms with Crippen LogP contribution in [0.15, 0.2) is 192 Å². The lowest BCUT2D eigenvalue weighted by Crippen LogP contribution is -2.13. The van der Waals surface area contributed by atoms with Gasteiger partial charge in [0.15, 0.2) is 0 Å². The van der Waals surface area contributed by atoms with Gasteiger partial charge in [-0.05, 0) is 90.5 Å². The zero-order chi connectivity index (χ0) is 30.7. The first-order valence-corrected chi connectivity index (χ1v) is 16.3. The van der Waals surface area contributed by atoms with Crippen molar-refractivity contribution in [1.29, 1.82) is 0 Å². The van der Waals surface area contributed by atoms with Crippen LogP contribution in [0.5, 0.6) is 0 Å². The zero-order valence-corrected chi connectivity index (χ0v) is 25.9. The molecule has 1 aliphatic heterocycles. The second-order valence-corrected chi connectivity index (χ2v) is 12.2. The monoisotopic (exact) mass is 609 g/mol. The van der Waals surface area contributed by atoms with Crippen molar-refractivity contribution in [3.63, 3.8) is 0 Å². The number of benzene rings is 7. The van der Waals surface area contributed by atoms with Crippen molar-refractivity contribution in [2.45, 2.75) is 9.79 Å². The highest BCUT2D eigenvalue weighted by Crippen LogP contribution is 2.50. The summed E-state index contributed by atoms with van der Waals surface area (Å²) in [7, 11) is 0. The molecule has 220 valence electrons. The molecule has 7 aromatic carbocycles. The molecule has 0 unspecified atom stereocenters. The van der Waals surface area contributed by atoms with E-state index in [1.54, 1.807) is 0 Å². The molecule has 1 N–H and O–H groups in total. The van der Waals surface area contributed by atoms with Crippen LogP contribution in [0.4, 0.5) is 45.5 Å². The molecule has 0 saturated carbocycles. The van der Waals surface area contributed by atoms with E-state index >= 15 is 0 Å². The van der Waals surface area contributed by atoms with Crippen molar-refractivity contribution in [3.05, 3.63) is 182 Å². The maximum absolute atomic E-state index is 3.78. The van der Waals surface area contributed by atoms with Crippen LogP contribution in [0.2, 0.25) is 0 Å². The molecule has 1 heterocycles. The molecule has 0 radical (unpaired) electrons. The van der Waals surface area contributed by atoms with Gasteiger partial charge in [-0.3, -0.25) is 0 Å². The van der Waals surface area contributed by atoms with Crippen LogP contribution < -0.4 is 15.1 Å². The topological polar surface area (TPSA) is 18.5 Å². The van der Waals surface area contributed by atoms with Gasteiger partial charge in [0.25, 0.3) is 0 Å². The lowest BCUT2D eigenvalue weighted by Gasteiger charge is -2.31. The Morgan fingerprint density at radius 1 is 0.370 bits per heavy atom. The third kappa shape index (κ3) is 5.40. The van der Waals surface area contributed by atoms with Crippen LogP contribution in [0.1, 0.15) is 0 Å². The van der Waals surface area contributed by atoms with E-state index in [1.165, 1.54) is 9.79 Å². The molecule has 0 aliphatic carbocycles. The van der Waals surface area contributed by atoms with E-state index in [2.05, 4.69) is 197 Å². The van der Waals surface area contributed by atoms with Crippen LogP contribution in [0.25, 0.3) is 11.1 Å². The first kappa shape index (κ1) is 27.8. The molecule has 0 aromatic heterocycles. The van der Waals surface area contributed by atoms with E-state index in [1.807, 2.05) is 11.8 Å². The highest BCUT2D eigenvalue weighted by Gasteiger charge is 2.23. The van der Waals surface area contributed by atoms with Crippen LogP contribution in [0.3, 0.4) is 0 Å². The average Bonchev–Trinajstić information content (AvgIpc) is 3.12. The first-order chi connectivity index (χ1) is 22.8. The van der Waals surface area contributed by atoms with Crippen molar-refractivity contribution in [2.24, 2.45) is 0 Å². The minimum Gasteiger partial charge on any atom is -0.353 e. The van der Waals surface area contributed by atoms with Crippen molar-refractivity contribution < 1.29 is 0 Å². The third-order valence-electron chi connectivity index (χ3n) is 8.18. The van der Waals surface area contributed by atoms with Gasteiger partial charge in [0, 0.05) is 49.5 Å². The number of hydrogen-bond donors (Lipinski definition) is 1. The van der Waals surface area contributed by atoms with Gasteiger partial charge >= 0.3 is 0 Å². The molecule has 1 aliphatic rings. The molecule has 8 rings (SSSR count). The molecule has 0 bridgehead atoms. The Morgan fingerprint density at radius 2 is 0.804 bits per heavy atom. The maximum Gasteiger partial charge on any atom is 0.0606 e. The minimum atomic E-state index is 1.07. The van der Waals surface area contributed by atoms with Crippen molar-refractivity contribution in [2.75, 3.05) is 15.1 Å². The summed E-state index contributed by atoms with van der Waals surface area (Å²) >= 11 is 1.82. The molecule has 0 fully saturated rings. The zero-order valence-electron chi connectivity index (χ0n) is 25.1. The van der Waals surface area contributed by atoms with Gasteiger partial charge in [0.1, 0.15) is 0 Å². The predicted octanol–water partition coefficient (Wildman–Crippen LogP) is 12.5. The highest BCUT2D eigenvalue weighted by molar-refractivity contribution is 7.99. The number of hydrogen-bond acceptors (Lipinski definition) is 4. The standard InChI is InChI=1S/C42H31N3S/c1-5-16-32(17-6-1)44(33-18-7-2-8-19-33)36-28-31(38-24-15-27-41-42(38)43-39-25-13-14-26-40(39)46-41)29-37(30-36)45(34-20-9-3-10-21-34)35-22-11-4-12-23-35/h1-30,43H. The minimum absolute atomic E-state index is 1.07. The Hall–Kier alpha value is -5.71. The summed E-state index contributed by atoms with van der Waals surface area (Å²) in [6.07, 6.45) is 0. The third-order valence-corrected chi connectivity index (χ3v) is 9.32. The number of para-hydroxylation sites is 6. The molecule has 0 spiro atoms. The summed E-state index contributed by atoms with van der Waals surface area (Å²) in [6, 6.07) is 64.5. The first-order valence-electron chi connectivity index (χ1n) is 15.4. The van der Waals surface area contributed by atoms with E-state index in [0.717, 1.165) is 56.6 Å². The second kappa shape index (κ2) is 12.4. The Kier molecular flexibility index (Phi) is 7.47. The number of rotatable bonds is 7. The molecule has 3 nitrogen and oxygen atoms in total. The fourth-order valence-corrected chi connectivity index (χ4v) is 7.13. The summed E-state index contributed by atoms with van der Waals surface area (Å²) in [6.45, 7) is 0. The molecule has 4 heteroatoms. The smallest absolute Gasteiger partial charge is 0.0606 e. The lowest BCUT2D eigenvalue weighted by molar-refractivity contribution is 1.25. The molecule has 0 atom stereocenters. The Morgan fingerprint density at radius 3 is 1.30 bits per heavy atom. The normalized spacial score (nSPS) is 11.6. The van der Waals surface area contributed by atoms with E-state index in [-0.39, 0.29) is 0 Å². The molecular formula is C42H31N3S. The SMILES string of the molecule is c1ccc(N(c2ccccc2)c2cc(-c3cccc4c3Nc3ccccc3S4)cc(N(c3ccccc3)c3ccccc3)c2)cc1. The Labute approximate surface area is 274 Å². The van der Waals surface area contributed by atoms with Gasteiger partial charge < -0.3 is 15.1 Å². The van der Waals surface area contributed by atoms with Gasteiger partial charge in [-0.1, -0.05) is 109 Å². The van der Waals surface area contributed by atoms with Gasteiger partial charge in [-0.2, -0.15) is 0 Å². The van der Waals surface area contributed by atoms with Gasteiger partial charge in [-0.25, -0.2) is 0 Å². The molecule has 46 heavy (non-hydrogen) atoms. The van der Waals surface area contributed by atoms with Crippen LogP contribution in [-0.2, 0) is 0 Å². The molecule has 7 aromatic rings. The largest absolute Gasteiger partial charge is 0.353 e. The van der Waals surface area contributed by atoms with E-state index < -0.39 is 0 Å². The Balaban J connectivity index is 1.38. The summed E-state index contributed by atoms with van der Waals surface area (Å²) in [4.78, 5) is 7.14. The second-order valence-electron chi connectivity index (χ2n) is 11.2. The maximum atomic E-state index is 3.78. The van der Waals surface area contributed by atoms with Crippen molar-refractivity contribution in [3.8, 4) is 11.1 Å². The van der Waals surface area contributed by atoms with E-state index in [4.69, 9.17) is 0 Å². The van der Waals surface area contributed by atoms with Crippen LogP contribution in [0, 0.1) is 0 Å². The van der Waals surface area contributed by atoms with Gasteiger partial charge in [0.2, 0.25) is 0 Å². The van der Waals surface area contributed by atoms with Crippen LogP contribution in [-0.4, -0.2) is 0 Å². The molecule has 0 saturated heterocycles. The fourth-order valence-electron chi connectivity index (χ4n) is 6.11. The van der Waals surface area contributed by atoms with Gasteiger partial charge in [0.05, 0.1) is 11.4 Å². The summed E-state index contributed by atoms with van der Waals surface area (Å²) in [5, 5.41) is 3.78. The Bertz CT molecular complexity index is 1920. The van der Waals surface area contributed by atoms with Crippen molar-refractivity contribution in [1.82, 2.24) is 0 Å². The number of fused-ring (bicyclic) bond motifs is 2. The summed E-state index contributed by atoms with van der Waals surface area (Å²) in [5.41, 5.74) is 11.1. The number of nitrogens with one attached hydrogen (secondary N) is 1. The highest BCUT2D eigenvalue weighted by atomic mass is 32.2.